The van der Waals surface area contributed by atoms with Crippen molar-refractivity contribution in [2.24, 2.45) is 0 Å². The highest BCUT2D eigenvalue weighted by Gasteiger charge is 2.15. The molecule has 0 fully saturated rings. The summed E-state index contributed by atoms with van der Waals surface area (Å²) >= 11 is 4.30. The fraction of sp³-hybridized carbons (Fsp3) is 0.100. The molecule has 5 nitrogen and oxygen atoms in total. The Bertz CT molecular complexity index is 620. The second kappa shape index (κ2) is 4.80. The fourth-order valence-corrected chi connectivity index (χ4v) is 2.54. The van der Waals surface area contributed by atoms with Crippen molar-refractivity contribution in [1.82, 2.24) is 4.57 Å². The lowest BCUT2D eigenvalue weighted by Gasteiger charge is -2.05. The maximum atomic E-state index is 11.4. The number of thiazole rings is 1. The molecule has 0 aliphatic carbocycles. The summed E-state index contributed by atoms with van der Waals surface area (Å²) in [6.45, 7) is 0.324. The van der Waals surface area contributed by atoms with Crippen molar-refractivity contribution in [3.8, 4) is 0 Å². The van der Waals surface area contributed by atoms with E-state index >= 15 is 0 Å². The van der Waals surface area contributed by atoms with Crippen LogP contribution in [-0.4, -0.2) is 9.49 Å². The SMILES string of the molecule is O=c1sccn1Cc1cccc([N+](=O)[O-])c1Br. The van der Waals surface area contributed by atoms with E-state index in [2.05, 4.69) is 15.9 Å². The van der Waals surface area contributed by atoms with Crippen LogP contribution in [-0.2, 0) is 6.54 Å². The van der Waals surface area contributed by atoms with Crippen molar-refractivity contribution in [3.63, 3.8) is 0 Å². The monoisotopic (exact) mass is 314 g/mol. The molecule has 1 aromatic heterocycles. The first-order valence-electron chi connectivity index (χ1n) is 4.65. The van der Waals surface area contributed by atoms with E-state index in [9.17, 15) is 14.9 Å². The van der Waals surface area contributed by atoms with Gasteiger partial charge < -0.3 is 4.57 Å². The zero-order valence-electron chi connectivity index (χ0n) is 8.50. The lowest BCUT2D eigenvalue weighted by atomic mass is 10.2. The van der Waals surface area contributed by atoms with Gasteiger partial charge >= 0.3 is 4.87 Å². The van der Waals surface area contributed by atoms with Crippen LogP contribution in [0.4, 0.5) is 5.69 Å². The third kappa shape index (κ3) is 2.45. The minimum Gasteiger partial charge on any atom is -0.301 e. The van der Waals surface area contributed by atoms with Gasteiger partial charge in [-0.3, -0.25) is 14.9 Å². The summed E-state index contributed by atoms with van der Waals surface area (Å²) in [4.78, 5) is 21.6. The summed E-state index contributed by atoms with van der Waals surface area (Å²) in [6, 6.07) is 4.78. The maximum absolute atomic E-state index is 11.4. The highest BCUT2D eigenvalue weighted by atomic mass is 79.9. The molecule has 0 aliphatic heterocycles. The van der Waals surface area contributed by atoms with Crippen molar-refractivity contribution >= 4 is 33.0 Å². The Morgan fingerprint density at radius 1 is 1.47 bits per heavy atom. The Hall–Kier alpha value is -1.47. The van der Waals surface area contributed by atoms with Crippen LogP contribution in [0.25, 0.3) is 0 Å². The first-order chi connectivity index (χ1) is 8.09. The van der Waals surface area contributed by atoms with Gasteiger partial charge in [-0.25, -0.2) is 0 Å². The number of halogens is 1. The molecule has 2 aromatic rings. The van der Waals surface area contributed by atoms with E-state index in [1.165, 1.54) is 10.6 Å². The first-order valence-corrected chi connectivity index (χ1v) is 6.32. The van der Waals surface area contributed by atoms with Crippen LogP contribution >= 0.6 is 27.3 Å². The van der Waals surface area contributed by atoms with Crippen molar-refractivity contribution in [2.75, 3.05) is 0 Å². The molecule has 1 heterocycles. The normalized spacial score (nSPS) is 10.4. The molecular formula is C10H7BrN2O3S. The lowest BCUT2D eigenvalue weighted by Crippen LogP contribution is -2.13. The van der Waals surface area contributed by atoms with Gasteiger partial charge in [0, 0.05) is 17.6 Å². The summed E-state index contributed by atoms with van der Waals surface area (Å²) in [7, 11) is 0. The van der Waals surface area contributed by atoms with Gasteiger partial charge in [0.25, 0.3) is 5.69 Å². The second-order valence-corrected chi connectivity index (χ2v) is 4.95. The zero-order valence-corrected chi connectivity index (χ0v) is 10.9. The molecule has 17 heavy (non-hydrogen) atoms. The topological polar surface area (TPSA) is 65.1 Å². The van der Waals surface area contributed by atoms with Crippen LogP contribution in [0.3, 0.4) is 0 Å². The van der Waals surface area contributed by atoms with E-state index in [4.69, 9.17) is 0 Å². The molecule has 1 aromatic carbocycles. The van der Waals surface area contributed by atoms with E-state index in [1.807, 2.05) is 0 Å². The molecule has 88 valence electrons. The number of rotatable bonds is 3. The first kappa shape index (κ1) is 12.0. The van der Waals surface area contributed by atoms with Gasteiger partial charge in [-0.1, -0.05) is 23.5 Å². The number of benzene rings is 1. The van der Waals surface area contributed by atoms with E-state index in [-0.39, 0.29) is 10.6 Å². The summed E-state index contributed by atoms with van der Waals surface area (Å²) in [5.41, 5.74) is 0.713. The van der Waals surface area contributed by atoms with Gasteiger partial charge in [0.2, 0.25) is 0 Å². The molecule has 0 radical (unpaired) electrons. The molecule has 0 aliphatic rings. The van der Waals surface area contributed by atoms with Crippen LogP contribution in [0, 0.1) is 10.1 Å². The Morgan fingerprint density at radius 2 is 2.24 bits per heavy atom. The number of aromatic nitrogens is 1. The predicted octanol–water partition coefficient (Wildman–Crippen LogP) is 2.63. The molecular weight excluding hydrogens is 308 g/mol. The summed E-state index contributed by atoms with van der Waals surface area (Å²) in [6.07, 6.45) is 1.66. The molecule has 7 heteroatoms. The maximum Gasteiger partial charge on any atom is 0.307 e. The van der Waals surface area contributed by atoms with Crippen molar-refractivity contribution in [2.45, 2.75) is 6.54 Å². The highest BCUT2D eigenvalue weighted by molar-refractivity contribution is 9.10. The van der Waals surface area contributed by atoms with Crippen molar-refractivity contribution in [3.05, 3.63) is 59.6 Å². The third-order valence-corrected chi connectivity index (χ3v) is 3.85. The van der Waals surface area contributed by atoms with E-state index in [0.29, 0.717) is 16.6 Å². The van der Waals surface area contributed by atoms with E-state index in [1.54, 1.807) is 23.7 Å². The Morgan fingerprint density at radius 3 is 2.82 bits per heavy atom. The Balaban J connectivity index is 2.41. The minimum absolute atomic E-state index is 0.00535. The summed E-state index contributed by atoms with van der Waals surface area (Å²) in [5, 5.41) is 12.4. The van der Waals surface area contributed by atoms with Crippen LogP contribution < -0.4 is 4.87 Å². The molecule has 0 amide bonds. The Labute approximate surface area is 109 Å². The van der Waals surface area contributed by atoms with Crippen LogP contribution in [0.2, 0.25) is 0 Å². The van der Waals surface area contributed by atoms with Gasteiger partial charge in [0.05, 0.1) is 11.5 Å². The standard InChI is InChI=1S/C10H7BrN2O3S/c11-9-7(2-1-3-8(9)13(15)16)6-12-4-5-17-10(12)14/h1-5H,6H2. The van der Waals surface area contributed by atoms with Crippen LogP contribution in [0.5, 0.6) is 0 Å². The van der Waals surface area contributed by atoms with Gasteiger partial charge in [-0.15, -0.1) is 0 Å². The van der Waals surface area contributed by atoms with Crippen LogP contribution in [0.1, 0.15) is 5.56 Å². The second-order valence-electron chi connectivity index (χ2n) is 3.30. The summed E-state index contributed by atoms with van der Waals surface area (Å²) < 4.78 is 1.93. The molecule has 0 N–H and O–H groups in total. The fourth-order valence-electron chi connectivity index (χ4n) is 1.42. The minimum atomic E-state index is -0.454. The zero-order chi connectivity index (χ0) is 12.4. The average molecular weight is 315 g/mol. The molecule has 0 saturated carbocycles. The molecule has 0 spiro atoms. The number of nitro benzene ring substituents is 1. The van der Waals surface area contributed by atoms with Crippen molar-refractivity contribution < 1.29 is 4.92 Å². The molecule has 0 atom stereocenters. The molecule has 0 saturated heterocycles. The van der Waals surface area contributed by atoms with E-state index in [0.717, 1.165) is 11.3 Å². The lowest BCUT2D eigenvalue weighted by molar-refractivity contribution is -0.385. The number of hydrogen-bond acceptors (Lipinski definition) is 4. The molecule has 2 rings (SSSR count). The molecule has 0 unspecified atom stereocenters. The number of nitro groups is 1. The van der Waals surface area contributed by atoms with Gasteiger partial charge in [0.15, 0.2) is 0 Å². The number of nitrogens with zero attached hydrogens (tertiary/aromatic N) is 2. The largest absolute Gasteiger partial charge is 0.307 e. The Kier molecular flexibility index (Phi) is 3.39. The molecule has 0 bridgehead atoms. The van der Waals surface area contributed by atoms with Gasteiger partial charge in [0.1, 0.15) is 4.47 Å². The highest BCUT2D eigenvalue weighted by Crippen LogP contribution is 2.28. The van der Waals surface area contributed by atoms with Crippen molar-refractivity contribution in [1.29, 1.82) is 0 Å². The predicted molar refractivity (Wildman–Crippen MR) is 68.5 cm³/mol. The van der Waals surface area contributed by atoms with E-state index < -0.39 is 4.92 Å². The van der Waals surface area contributed by atoms with Gasteiger partial charge in [-0.2, -0.15) is 0 Å². The number of hydrogen-bond donors (Lipinski definition) is 0. The quantitative estimate of drug-likeness (QED) is 0.646. The third-order valence-electron chi connectivity index (χ3n) is 2.24. The van der Waals surface area contributed by atoms with Crippen LogP contribution in [0.15, 0.2) is 39.0 Å². The average Bonchev–Trinajstić information content (AvgIpc) is 2.67. The smallest absolute Gasteiger partial charge is 0.301 e. The summed E-state index contributed by atoms with van der Waals surface area (Å²) in [5.74, 6) is 0. The van der Waals surface area contributed by atoms with Gasteiger partial charge in [-0.05, 0) is 21.5 Å².